The second kappa shape index (κ2) is 6.25. The number of rotatable bonds is 3. The molecule has 3 nitrogen and oxygen atoms in total. The van der Waals surface area contributed by atoms with Crippen molar-refractivity contribution >= 4 is 5.91 Å². The number of amides is 1. The maximum Gasteiger partial charge on any atom is 0.257 e. The maximum absolute atomic E-state index is 13.0. The molecule has 1 fully saturated rings. The van der Waals surface area contributed by atoms with E-state index >= 15 is 0 Å². The Morgan fingerprint density at radius 3 is 2.55 bits per heavy atom. The van der Waals surface area contributed by atoms with Gasteiger partial charge >= 0.3 is 0 Å². The first-order chi connectivity index (χ1) is 9.52. The molecule has 4 heteroatoms. The quantitative estimate of drug-likeness (QED) is 0.918. The van der Waals surface area contributed by atoms with Gasteiger partial charge in [0.25, 0.3) is 5.91 Å². The van der Waals surface area contributed by atoms with Crippen LogP contribution in [0, 0.1) is 11.7 Å². The van der Waals surface area contributed by atoms with Crippen molar-refractivity contribution in [2.75, 3.05) is 7.05 Å². The van der Waals surface area contributed by atoms with Crippen LogP contribution in [0.1, 0.15) is 49.4 Å². The van der Waals surface area contributed by atoms with E-state index in [9.17, 15) is 14.3 Å². The summed E-state index contributed by atoms with van der Waals surface area (Å²) in [6.45, 7) is 2.20. The average molecular weight is 279 g/mol. The number of hydrogen-bond acceptors (Lipinski definition) is 2. The fraction of sp³-hybridized carbons (Fsp3) is 0.562. The second-order valence-electron chi connectivity index (χ2n) is 5.66. The predicted octanol–water partition coefficient (Wildman–Crippen LogP) is 3.57. The summed E-state index contributed by atoms with van der Waals surface area (Å²) in [7, 11) is 1.77. The minimum Gasteiger partial charge on any atom is -0.507 e. The number of nitrogens with zero attached hydrogens (tertiary/aromatic N) is 1. The first kappa shape index (κ1) is 14.8. The first-order valence-electron chi connectivity index (χ1n) is 7.28. The van der Waals surface area contributed by atoms with Crippen LogP contribution in [0.2, 0.25) is 0 Å². The van der Waals surface area contributed by atoms with Crippen LogP contribution in [-0.2, 0) is 0 Å². The van der Waals surface area contributed by atoms with E-state index in [0.717, 1.165) is 37.7 Å². The van der Waals surface area contributed by atoms with Gasteiger partial charge in [-0.2, -0.15) is 0 Å². The third-order valence-corrected chi connectivity index (χ3v) is 4.45. The standard InChI is InChI=1S/C16H22FNO2/c1-3-11-4-7-13(8-5-11)18(2)16(20)14-9-6-12(17)10-15(14)19/h6,9-11,13,19H,3-5,7-8H2,1-2H3. The van der Waals surface area contributed by atoms with Crippen LogP contribution >= 0.6 is 0 Å². The summed E-state index contributed by atoms with van der Waals surface area (Å²) in [6, 6.07) is 3.75. The van der Waals surface area contributed by atoms with Crippen LogP contribution in [0.5, 0.6) is 5.75 Å². The highest BCUT2D eigenvalue weighted by Gasteiger charge is 2.27. The van der Waals surface area contributed by atoms with Crippen LogP contribution in [0.3, 0.4) is 0 Å². The molecular weight excluding hydrogens is 257 g/mol. The molecule has 0 aromatic heterocycles. The van der Waals surface area contributed by atoms with E-state index in [4.69, 9.17) is 0 Å². The van der Waals surface area contributed by atoms with Gasteiger partial charge in [0.1, 0.15) is 11.6 Å². The van der Waals surface area contributed by atoms with Crippen molar-refractivity contribution in [3.05, 3.63) is 29.6 Å². The summed E-state index contributed by atoms with van der Waals surface area (Å²) < 4.78 is 13.0. The van der Waals surface area contributed by atoms with Crippen LogP contribution in [0.4, 0.5) is 4.39 Å². The molecule has 0 atom stereocenters. The Morgan fingerprint density at radius 2 is 2.00 bits per heavy atom. The number of benzene rings is 1. The van der Waals surface area contributed by atoms with E-state index in [1.165, 1.54) is 18.6 Å². The monoisotopic (exact) mass is 279 g/mol. The van der Waals surface area contributed by atoms with Crippen molar-refractivity contribution < 1.29 is 14.3 Å². The lowest BCUT2D eigenvalue weighted by atomic mass is 9.84. The largest absolute Gasteiger partial charge is 0.507 e. The molecule has 1 aromatic rings. The molecule has 1 aliphatic rings. The molecule has 1 amide bonds. The van der Waals surface area contributed by atoms with Gasteiger partial charge in [-0.3, -0.25) is 4.79 Å². The van der Waals surface area contributed by atoms with E-state index in [1.807, 2.05) is 0 Å². The molecule has 1 aromatic carbocycles. The van der Waals surface area contributed by atoms with Gasteiger partial charge in [-0.1, -0.05) is 13.3 Å². The number of phenols is 1. The molecular formula is C16H22FNO2. The van der Waals surface area contributed by atoms with E-state index in [2.05, 4.69) is 6.92 Å². The average Bonchev–Trinajstić information content (AvgIpc) is 2.46. The molecule has 1 N–H and O–H groups in total. The summed E-state index contributed by atoms with van der Waals surface area (Å²) >= 11 is 0. The number of hydrogen-bond donors (Lipinski definition) is 1. The van der Waals surface area contributed by atoms with Crippen LogP contribution in [0.25, 0.3) is 0 Å². The summed E-state index contributed by atoms with van der Waals surface area (Å²) in [5.41, 5.74) is 0.173. The van der Waals surface area contributed by atoms with Crippen molar-refractivity contribution in [3.8, 4) is 5.75 Å². The Kier molecular flexibility index (Phi) is 4.63. The van der Waals surface area contributed by atoms with Crippen LogP contribution in [0.15, 0.2) is 18.2 Å². The van der Waals surface area contributed by atoms with Crippen molar-refractivity contribution in [2.45, 2.75) is 45.1 Å². The lowest BCUT2D eigenvalue weighted by Crippen LogP contribution is -2.39. The summed E-state index contributed by atoms with van der Waals surface area (Å²) in [6.07, 6.45) is 5.50. The number of carbonyl (C=O) groups excluding carboxylic acids is 1. The molecule has 0 bridgehead atoms. The number of phenolic OH excluding ortho intramolecular Hbond substituents is 1. The van der Waals surface area contributed by atoms with E-state index < -0.39 is 5.82 Å². The minimum atomic E-state index is -0.537. The number of halogens is 1. The fourth-order valence-electron chi connectivity index (χ4n) is 2.98. The van der Waals surface area contributed by atoms with Gasteiger partial charge in [0.05, 0.1) is 5.56 Å². The maximum atomic E-state index is 13.0. The second-order valence-corrected chi connectivity index (χ2v) is 5.66. The molecule has 110 valence electrons. The fourth-order valence-corrected chi connectivity index (χ4v) is 2.98. The van der Waals surface area contributed by atoms with E-state index in [-0.39, 0.29) is 23.3 Å². The zero-order chi connectivity index (χ0) is 14.7. The summed E-state index contributed by atoms with van der Waals surface area (Å²) in [4.78, 5) is 14.1. The molecule has 1 saturated carbocycles. The lowest BCUT2D eigenvalue weighted by molar-refractivity contribution is 0.0671. The van der Waals surface area contributed by atoms with Crippen LogP contribution in [-0.4, -0.2) is 29.0 Å². The zero-order valence-corrected chi connectivity index (χ0v) is 12.1. The molecule has 0 radical (unpaired) electrons. The Hall–Kier alpha value is -1.58. The lowest BCUT2D eigenvalue weighted by Gasteiger charge is -2.34. The van der Waals surface area contributed by atoms with Crippen molar-refractivity contribution in [3.63, 3.8) is 0 Å². The molecule has 0 unspecified atom stereocenters. The Bertz CT molecular complexity index is 481. The van der Waals surface area contributed by atoms with Gasteiger partial charge in [0.15, 0.2) is 0 Å². The molecule has 2 rings (SSSR count). The highest BCUT2D eigenvalue weighted by atomic mass is 19.1. The Morgan fingerprint density at radius 1 is 1.35 bits per heavy atom. The molecule has 20 heavy (non-hydrogen) atoms. The van der Waals surface area contributed by atoms with Gasteiger partial charge < -0.3 is 10.0 Å². The van der Waals surface area contributed by atoms with E-state index in [1.54, 1.807) is 11.9 Å². The molecule has 1 aliphatic carbocycles. The first-order valence-corrected chi connectivity index (χ1v) is 7.28. The topological polar surface area (TPSA) is 40.5 Å². The van der Waals surface area contributed by atoms with Gasteiger partial charge in [0.2, 0.25) is 0 Å². The molecule has 0 aliphatic heterocycles. The van der Waals surface area contributed by atoms with Crippen molar-refractivity contribution in [2.24, 2.45) is 5.92 Å². The zero-order valence-electron chi connectivity index (χ0n) is 12.1. The van der Waals surface area contributed by atoms with Crippen molar-refractivity contribution in [1.82, 2.24) is 4.90 Å². The van der Waals surface area contributed by atoms with Gasteiger partial charge in [-0.25, -0.2) is 4.39 Å². The third kappa shape index (κ3) is 3.11. The minimum absolute atomic E-state index is 0.173. The Labute approximate surface area is 119 Å². The third-order valence-electron chi connectivity index (χ3n) is 4.45. The highest BCUT2D eigenvalue weighted by molar-refractivity contribution is 5.96. The van der Waals surface area contributed by atoms with Gasteiger partial charge in [0, 0.05) is 19.2 Å². The Balaban J connectivity index is 2.05. The summed E-state index contributed by atoms with van der Waals surface area (Å²) in [5, 5.41) is 9.70. The predicted molar refractivity (Wildman–Crippen MR) is 76.2 cm³/mol. The molecule has 0 saturated heterocycles. The van der Waals surface area contributed by atoms with E-state index in [0.29, 0.717) is 0 Å². The molecule has 0 heterocycles. The van der Waals surface area contributed by atoms with Crippen molar-refractivity contribution in [1.29, 1.82) is 0 Å². The van der Waals surface area contributed by atoms with Crippen LogP contribution < -0.4 is 0 Å². The SMILES string of the molecule is CCC1CCC(N(C)C(=O)c2ccc(F)cc2O)CC1. The van der Waals surface area contributed by atoms with Gasteiger partial charge in [-0.05, 0) is 43.7 Å². The number of carbonyl (C=O) groups is 1. The summed E-state index contributed by atoms with van der Waals surface area (Å²) in [5.74, 6) is -0.286. The number of aromatic hydroxyl groups is 1. The van der Waals surface area contributed by atoms with Gasteiger partial charge in [-0.15, -0.1) is 0 Å². The highest BCUT2D eigenvalue weighted by Crippen LogP contribution is 2.30. The molecule has 0 spiro atoms. The normalized spacial score (nSPS) is 22.6. The smallest absolute Gasteiger partial charge is 0.257 e.